The number of rotatable bonds is 5. The van der Waals surface area contributed by atoms with E-state index in [4.69, 9.17) is 24.4 Å². The molecule has 0 radical (unpaired) electrons. The summed E-state index contributed by atoms with van der Waals surface area (Å²) in [5.41, 5.74) is 8.63. The number of fused-ring (bicyclic) bond motifs is 6. The first-order valence-electron chi connectivity index (χ1n) is 16.5. The van der Waals surface area contributed by atoms with Crippen molar-refractivity contribution in [3.63, 3.8) is 0 Å². The van der Waals surface area contributed by atoms with Crippen LogP contribution in [0.3, 0.4) is 0 Å². The predicted molar refractivity (Wildman–Crippen MR) is 205 cm³/mol. The molecule has 0 aliphatic rings. The zero-order valence-corrected chi connectivity index (χ0v) is 27.4. The Hall–Kier alpha value is -6.50. The second kappa shape index (κ2) is 11.6. The van der Waals surface area contributed by atoms with E-state index in [1.807, 2.05) is 60.7 Å². The van der Waals surface area contributed by atoms with Gasteiger partial charge in [-0.2, -0.15) is 0 Å². The molecule has 0 amide bonds. The van der Waals surface area contributed by atoms with Gasteiger partial charge in [0.05, 0.1) is 15.8 Å². The number of benzene rings is 7. The minimum absolute atomic E-state index is 0.561. The van der Waals surface area contributed by atoms with Gasteiger partial charge in [0.2, 0.25) is 0 Å². The Balaban J connectivity index is 1.12. The highest BCUT2D eigenvalue weighted by Crippen LogP contribution is 2.42. The summed E-state index contributed by atoms with van der Waals surface area (Å²) in [7, 11) is 0. The lowest BCUT2D eigenvalue weighted by molar-refractivity contribution is 0.670. The molecule has 0 N–H and O–H groups in total. The van der Waals surface area contributed by atoms with E-state index in [1.54, 1.807) is 11.3 Å². The van der Waals surface area contributed by atoms with E-state index in [9.17, 15) is 0 Å². The second-order valence-electron chi connectivity index (χ2n) is 12.3. The summed E-state index contributed by atoms with van der Waals surface area (Å²) in [5.74, 6) is 1.78. The van der Waals surface area contributed by atoms with Crippen molar-refractivity contribution in [2.45, 2.75) is 0 Å². The molecule has 3 heterocycles. The van der Waals surface area contributed by atoms with Gasteiger partial charge < -0.3 is 4.42 Å². The summed E-state index contributed by atoms with van der Waals surface area (Å²) in [4.78, 5) is 20.1. The summed E-state index contributed by atoms with van der Waals surface area (Å²) in [6.45, 7) is 0. The van der Waals surface area contributed by atoms with Gasteiger partial charge in [-0.05, 0) is 46.2 Å². The molecular formula is C44H26N4OS. The van der Waals surface area contributed by atoms with Crippen molar-refractivity contribution in [1.82, 2.24) is 19.9 Å². The lowest BCUT2D eigenvalue weighted by Crippen LogP contribution is -2.00. The van der Waals surface area contributed by atoms with Gasteiger partial charge in [0.1, 0.15) is 16.2 Å². The molecule has 3 aromatic heterocycles. The lowest BCUT2D eigenvalue weighted by atomic mass is 10.0. The summed E-state index contributed by atoms with van der Waals surface area (Å²) in [5, 5.41) is 5.33. The molecule has 0 aliphatic heterocycles. The quantitative estimate of drug-likeness (QED) is 0.184. The lowest BCUT2D eigenvalue weighted by Gasteiger charge is -2.09. The van der Waals surface area contributed by atoms with E-state index in [1.165, 1.54) is 16.5 Å². The first kappa shape index (κ1) is 28.5. The van der Waals surface area contributed by atoms with Crippen LogP contribution >= 0.6 is 11.3 Å². The van der Waals surface area contributed by atoms with Crippen LogP contribution in [0.15, 0.2) is 162 Å². The Labute approximate surface area is 291 Å². The monoisotopic (exact) mass is 658 g/mol. The number of furan rings is 1. The highest BCUT2D eigenvalue weighted by Gasteiger charge is 2.20. The average Bonchev–Trinajstić information content (AvgIpc) is 3.80. The van der Waals surface area contributed by atoms with Crippen molar-refractivity contribution in [3.05, 3.63) is 158 Å². The van der Waals surface area contributed by atoms with Crippen LogP contribution in [-0.2, 0) is 0 Å². The molecule has 5 nitrogen and oxygen atoms in total. The predicted octanol–water partition coefficient (Wildman–Crippen LogP) is 11.9. The maximum Gasteiger partial charge on any atom is 0.167 e. The molecule has 0 spiro atoms. The molecule has 0 unspecified atom stereocenters. The molecule has 0 atom stereocenters. The number of hydrogen-bond acceptors (Lipinski definition) is 6. The Morgan fingerprint density at radius 2 is 1.08 bits per heavy atom. The molecule has 0 bridgehead atoms. The number of nitrogens with zero attached hydrogens (tertiary/aromatic N) is 4. The molecular weight excluding hydrogens is 633 g/mol. The van der Waals surface area contributed by atoms with Crippen LogP contribution in [0.4, 0.5) is 0 Å². The van der Waals surface area contributed by atoms with E-state index < -0.39 is 0 Å². The van der Waals surface area contributed by atoms with Crippen molar-refractivity contribution in [3.8, 4) is 55.9 Å². The molecule has 234 valence electrons. The fraction of sp³-hybridized carbons (Fsp3) is 0. The first-order valence-corrected chi connectivity index (χ1v) is 17.3. The number of para-hydroxylation sites is 1. The number of hydrogen-bond donors (Lipinski definition) is 0. The fourth-order valence-electron chi connectivity index (χ4n) is 6.67. The van der Waals surface area contributed by atoms with Crippen LogP contribution in [0.2, 0.25) is 0 Å². The smallest absolute Gasteiger partial charge is 0.167 e. The van der Waals surface area contributed by atoms with Crippen molar-refractivity contribution >= 4 is 54.3 Å². The molecule has 0 aliphatic carbocycles. The van der Waals surface area contributed by atoms with Gasteiger partial charge in [-0.3, -0.25) is 0 Å². The Kier molecular flexibility index (Phi) is 6.60. The van der Waals surface area contributed by atoms with Crippen molar-refractivity contribution in [2.24, 2.45) is 0 Å². The molecule has 6 heteroatoms. The van der Waals surface area contributed by atoms with Crippen molar-refractivity contribution < 1.29 is 4.42 Å². The third-order valence-electron chi connectivity index (χ3n) is 9.17. The zero-order valence-electron chi connectivity index (χ0n) is 26.6. The summed E-state index contributed by atoms with van der Waals surface area (Å²) in [6, 6.07) is 54.0. The molecule has 0 fully saturated rings. The second-order valence-corrected chi connectivity index (χ2v) is 13.3. The number of thiazole rings is 1. The highest BCUT2D eigenvalue weighted by atomic mass is 32.1. The van der Waals surface area contributed by atoms with E-state index >= 15 is 0 Å². The Morgan fingerprint density at radius 3 is 1.88 bits per heavy atom. The highest BCUT2D eigenvalue weighted by molar-refractivity contribution is 7.22. The van der Waals surface area contributed by atoms with Gasteiger partial charge in [-0.15, -0.1) is 11.3 Å². The van der Waals surface area contributed by atoms with E-state index in [-0.39, 0.29) is 0 Å². The maximum atomic E-state index is 6.65. The minimum Gasteiger partial charge on any atom is -0.455 e. The third kappa shape index (κ3) is 4.85. The van der Waals surface area contributed by atoms with E-state index in [2.05, 4.69) is 97.1 Å². The largest absolute Gasteiger partial charge is 0.455 e. The minimum atomic E-state index is 0.561. The molecule has 7 aromatic carbocycles. The van der Waals surface area contributed by atoms with E-state index in [0.29, 0.717) is 17.5 Å². The summed E-state index contributed by atoms with van der Waals surface area (Å²) < 4.78 is 7.75. The van der Waals surface area contributed by atoms with Gasteiger partial charge >= 0.3 is 0 Å². The molecule has 50 heavy (non-hydrogen) atoms. The van der Waals surface area contributed by atoms with Crippen molar-refractivity contribution in [2.75, 3.05) is 0 Å². The third-order valence-corrected chi connectivity index (χ3v) is 10.3. The summed E-state index contributed by atoms with van der Waals surface area (Å²) >= 11 is 1.69. The number of aromatic nitrogens is 4. The first-order chi connectivity index (χ1) is 24.7. The molecule has 10 rings (SSSR count). The van der Waals surface area contributed by atoms with Gasteiger partial charge in [0, 0.05) is 27.5 Å². The molecule has 0 saturated heterocycles. The van der Waals surface area contributed by atoms with Gasteiger partial charge in [0.25, 0.3) is 0 Å². The van der Waals surface area contributed by atoms with Crippen molar-refractivity contribution in [1.29, 1.82) is 0 Å². The maximum absolute atomic E-state index is 6.65. The topological polar surface area (TPSA) is 64.7 Å². The standard InChI is InChI=1S/C44H26N4OS/c1-3-10-27(11-4-1)29-18-21-31(22-19-29)44-45-36-24-25-37-38(40(36)50-44)34-16-9-17-35(39(34)49-37)43-47-41(30-13-5-2-6-14-30)46-42(48-43)33-23-20-28-12-7-8-15-32(28)26-33/h1-26H. The van der Waals surface area contributed by atoms with Crippen LogP contribution in [0.5, 0.6) is 0 Å². The Morgan fingerprint density at radius 1 is 0.440 bits per heavy atom. The van der Waals surface area contributed by atoms with Gasteiger partial charge in [0.15, 0.2) is 17.5 Å². The van der Waals surface area contributed by atoms with E-state index in [0.717, 1.165) is 64.8 Å². The van der Waals surface area contributed by atoms with Crippen LogP contribution in [0.1, 0.15) is 0 Å². The van der Waals surface area contributed by atoms with Crippen LogP contribution in [-0.4, -0.2) is 19.9 Å². The summed E-state index contributed by atoms with van der Waals surface area (Å²) in [6.07, 6.45) is 0. The fourth-order valence-corrected chi connectivity index (χ4v) is 7.80. The average molecular weight is 659 g/mol. The van der Waals surface area contributed by atoms with Gasteiger partial charge in [-0.1, -0.05) is 133 Å². The SMILES string of the molecule is c1ccc(-c2ccc(-c3nc4ccc5oc6c(-c7nc(-c8ccccc8)nc(-c8ccc9ccccc9c8)n7)cccc6c5c4s3)cc2)cc1. The Bertz CT molecular complexity index is 2860. The normalized spacial score (nSPS) is 11.6. The van der Waals surface area contributed by atoms with Crippen LogP contribution < -0.4 is 0 Å². The zero-order chi connectivity index (χ0) is 33.0. The van der Waals surface area contributed by atoms with Gasteiger partial charge in [-0.25, -0.2) is 19.9 Å². The van der Waals surface area contributed by atoms with Crippen LogP contribution in [0, 0.1) is 0 Å². The van der Waals surface area contributed by atoms with Crippen LogP contribution in [0.25, 0.3) is 98.8 Å². The molecule has 10 aromatic rings. The molecule has 0 saturated carbocycles.